The SMILES string of the molecule is CCCCCCCCC(C)CN(c1ccccc1)C1CCCN1. The summed E-state index contributed by atoms with van der Waals surface area (Å²) >= 11 is 0. The Labute approximate surface area is 143 Å². The Bertz CT molecular complexity index is 398. The lowest BCUT2D eigenvalue weighted by atomic mass is 10.0. The van der Waals surface area contributed by atoms with Gasteiger partial charge in [-0.1, -0.05) is 70.6 Å². The Kier molecular flexibility index (Phi) is 8.52. The van der Waals surface area contributed by atoms with Gasteiger partial charge < -0.3 is 4.90 Å². The van der Waals surface area contributed by atoms with Crippen molar-refractivity contribution >= 4 is 5.69 Å². The molecule has 1 aromatic carbocycles. The van der Waals surface area contributed by atoms with E-state index in [-0.39, 0.29) is 0 Å². The zero-order chi connectivity index (χ0) is 16.3. The fraction of sp³-hybridized carbons (Fsp3) is 0.714. The molecule has 23 heavy (non-hydrogen) atoms. The first kappa shape index (κ1) is 18.3. The summed E-state index contributed by atoms with van der Waals surface area (Å²) in [6, 6.07) is 11.0. The molecule has 1 aliphatic rings. The number of hydrogen-bond acceptors (Lipinski definition) is 2. The maximum Gasteiger partial charge on any atom is 0.0796 e. The standard InChI is InChI=1S/C21H36N2/c1-3-4-5-6-7-9-13-19(2)18-23(21-16-12-17-22-21)20-14-10-8-11-15-20/h8,10-11,14-15,19,21-22H,3-7,9,12-13,16-18H2,1-2H3. The van der Waals surface area contributed by atoms with Crippen molar-refractivity contribution in [2.24, 2.45) is 5.92 Å². The summed E-state index contributed by atoms with van der Waals surface area (Å²) in [6.45, 7) is 7.06. The molecule has 2 rings (SSSR count). The first-order valence-corrected chi connectivity index (χ1v) is 9.86. The molecular weight excluding hydrogens is 280 g/mol. The third-order valence-electron chi connectivity index (χ3n) is 5.06. The molecule has 2 nitrogen and oxygen atoms in total. The lowest BCUT2D eigenvalue weighted by molar-refractivity contribution is 0.444. The number of nitrogens with one attached hydrogen (secondary N) is 1. The third-order valence-corrected chi connectivity index (χ3v) is 5.06. The highest BCUT2D eigenvalue weighted by Crippen LogP contribution is 2.23. The summed E-state index contributed by atoms with van der Waals surface area (Å²) in [5, 5.41) is 3.68. The van der Waals surface area contributed by atoms with Crippen LogP contribution in [-0.4, -0.2) is 19.3 Å². The maximum atomic E-state index is 3.68. The quantitative estimate of drug-likeness (QED) is 0.535. The molecule has 1 aliphatic heterocycles. The van der Waals surface area contributed by atoms with Crippen LogP contribution in [0.1, 0.15) is 71.6 Å². The Hall–Kier alpha value is -1.02. The van der Waals surface area contributed by atoms with Gasteiger partial charge in [0.05, 0.1) is 6.17 Å². The van der Waals surface area contributed by atoms with Gasteiger partial charge in [0.15, 0.2) is 0 Å². The van der Waals surface area contributed by atoms with E-state index in [1.54, 1.807) is 0 Å². The van der Waals surface area contributed by atoms with Crippen molar-refractivity contribution in [3.63, 3.8) is 0 Å². The van der Waals surface area contributed by atoms with Crippen LogP contribution in [0, 0.1) is 5.92 Å². The minimum atomic E-state index is 0.532. The van der Waals surface area contributed by atoms with Crippen LogP contribution in [0.4, 0.5) is 5.69 Å². The fourth-order valence-corrected chi connectivity index (χ4v) is 3.66. The van der Waals surface area contributed by atoms with Gasteiger partial charge in [0, 0.05) is 12.2 Å². The van der Waals surface area contributed by atoms with Crippen LogP contribution in [0.15, 0.2) is 30.3 Å². The first-order chi connectivity index (χ1) is 11.3. The van der Waals surface area contributed by atoms with E-state index in [2.05, 4.69) is 54.4 Å². The Morgan fingerprint density at radius 2 is 1.83 bits per heavy atom. The van der Waals surface area contributed by atoms with Gasteiger partial charge >= 0.3 is 0 Å². The molecule has 2 heteroatoms. The molecule has 1 heterocycles. The smallest absolute Gasteiger partial charge is 0.0796 e. The molecule has 1 fully saturated rings. The van der Waals surface area contributed by atoms with Crippen LogP contribution in [0.3, 0.4) is 0 Å². The minimum absolute atomic E-state index is 0.532. The number of benzene rings is 1. The van der Waals surface area contributed by atoms with E-state index in [9.17, 15) is 0 Å². The Morgan fingerprint density at radius 1 is 1.09 bits per heavy atom. The largest absolute Gasteiger partial charge is 0.356 e. The lowest BCUT2D eigenvalue weighted by Crippen LogP contribution is -2.44. The second-order valence-corrected chi connectivity index (χ2v) is 7.26. The lowest BCUT2D eigenvalue weighted by Gasteiger charge is -2.33. The monoisotopic (exact) mass is 316 g/mol. The summed E-state index contributed by atoms with van der Waals surface area (Å²) in [7, 11) is 0. The molecule has 0 aromatic heterocycles. The molecule has 0 radical (unpaired) electrons. The van der Waals surface area contributed by atoms with E-state index in [0.717, 1.165) is 5.92 Å². The van der Waals surface area contributed by atoms with Crippen LogP contribution in [0.25, 0.3) is 0 Å². The van der Waals surface area contributed by atoms with Gasteiger partial charge in [0.1, 0.15) is 0 Å². The summed E-state index contributed by atoms with van der Waals surface area (Å²) in [6.07, 6.45) is 12.9. The number of nitrogens with zero attached hydrogens (tertiary/aromatic N) is 1. The summed E-state index contributed by atoms with van der Waals surface area (Å²) in [4.78, 5) is 2.61. The van der Waals surface area contributed by atoms with Gasteiger partial charge in [-0.05, 0) is 43.9 Å². The molecule has 130 valence electrons. The van der Waals surface area contributed by atoms with Crippen molar-refractivity contribution in [1.82, 2.24) is 5.32 Å². The minimum Gasteiger partial charge on any atom is -0.356 e. The van der Waals surface area contributed by atoms with Gasteiger partial charge in [0.2, 0.25) is 0 Å². The molecule has 0 amide bonds. The zero-order valence-corrected chi connectivity index (χ0v) is 15.3. The Morgan fingerprint density at radius 3 is 2.52 bits per heavy atom. The number of hydrogen-bond donors (Lipinski definition) is 1. The first-order valence-electron chi connectivity index (χ1n) is 9.86. The average Bonchev–Trinajstić information content (AvgIpc) is 3.11. The highest BCUT2D eigenvalue weighted by atomic mass is 15.3. The van der Waals surface area contributed by atoms with E-state index >= 15 is 0 Å². The van der Waals surface area contributed by atoms with E-state index in [1.807, 2.05) is 0 Å². The van der Waals surface area contributed by atoms with Gasteiger partial charge in [0.25, 0.3) is 0 Å². The molecule has 2 unspecified atom stereocenters. The van der Waals surface area contributed by atoms with E-state index in [0.29, 0.717) is 6.17 Å². The van der Waals surface area contributed by atoms with Crippen LogP contribution in [0.2, 0.25) is 0 Å². The number of anilines is 1. The molecule has 0 bridgehead atoms. The highest BCUT2D eigenvalue weighted by Gasteiger charge is 2.23. The van der Waals surface area contributed by atoms with Crippen LogP contribution >= 0.6 is 0 Å². The fourth-order valence-electron chi connectivity index (χ4n) is 3.66. The molecule has 1 saturated heterocycles. The molecule has 0 aliphatic carbocycles. The van der Waals surface area contributed by atoms with Crippen molar-refractivity contribution in [2.45, 2.75) is 77.8 Å². The van der Waals surface area contributed by atoms with Gasteiger partial charge in [-0.2, -0.15) is 0 Å². The average molecular weight is 317 g/mol. The predicted molar refractivity (Wildman–Crippen MR) is 102 cm³/mol. The Balaban J connectivity index is 1.78. The predicted octanol–water partition coefficient (Wildman–Crippen LogP) is 5.59. The normalized spacial score (nSPS) is 19.0. The number of rotatable bonds is 11. The van der Waals surface area contributed by atoms with Crippen molar-refractivity contribution in [3.05, 3.63) is 30.3 Å². The van der Waals surface area contributed by atoms with Crippen LogP contribution in [0.5, 0.6) is 0 Å². The second-order valence-electron chi connectivity index (χ2n) is 7.26. The summed E-state index contributed by atoms with van der Waals surface area (Å²) < 4.78 is 0. The van der Waals surface area contributed by atoms with Gasteiger partial charge in [-0.25, -0.2) is 0 Å². The molecule has 1 aromatic rings. The second kappa shape index (κ2) is 10.7. The van der Waals surface area contributed by atoms with Crippen LogP contribution in [-0.2, 0) is 0 Å². The topological polar surface area (TPSA) is 15.3 Å². The van der Waals surface area contributed by atoms with Gasteiger partial charge in [-0.15, -0.1) is 0 Å². The zero-order valence-electron chi connectivity index (χ0n) is 15.3. The van der Waals surface area contributed by atoms with Crippen molar-refractivity contribution in [1.29, 1.82) is 0 Å². The molecule has 2 atom stereocenters. The van der Waals surface area contributed by atoms with Crippen molar-refractivity contribution in [3.8, 4) is 0 Å². The summed E-state index contributed by atoms with van der Waals surface area (Å²) in [5.41, 5.74) is 1.38. The van der Waals surface area contributed by atoms with Crippen LogP contribution < -0.4 is 10.2 Å². The van der Waals surface area contributed by atoms with Gasteiger partial charge in [-0.3, -0.25) is 5.32 Å². The number of unbranched alkanes of at least 4 members (excludes halogenated alkanes) is 5. The number of para-hydroxylation sites is 1. The molecular formula is C21H36N2. The van der Waals surface area contributed by atoms with E-state index in [1.165, 1.54) is 76.6 Å². The molecule has 1 N–H and O–H groups in total. The third kappa shape index (κ3) is 6.55. The molecule has 0 spiro atoms. The van der Waals surface area contributed by atoms with E-state index in [4.69, 9.17) is 0 Å². The maximum absolute atomic E-state index is 3.68. The van der Waals surface area contributed by atoms with Crippen molar-refractivity contribution in [2.75, 3.05) is 18.0 Å². The van der Waals surface area contributed by atoms with Crippen molar-refractivity contribution < 1.29 is 0 Å². The summed E-state index contributed by atoms with van der Waals surface area (Å²) in [5.74, 6) is 0.767. The van der Waals surface area contributed by atoms with E-state index < -0.39 is 0 Å². The molecule has 0 saturated carbocycles. The highest BCUT2D eigenvalue weighted by molar-refractivity contribution is 5.47.